The Morgan fingerprint density at radius 1 is 0.933 bits per heavy atom. The minimum Gasteiger partial charge on any atom is -0.493 e. The SMILES string of the molecule is COc1cc(CNc2cccc(C)c2C)ccc1OCC(=O)Nc1cccc(C)c1. The summed E-state index contributed by atoms with van der Waals surface area (Å²) in [5, 5.41) is 6.30. The quantitative estimate of drug-likeness (QED) is 0.538. The molecule has 2 N–H and O–H groups in total. The number of rotatable bonds is 8. The first-order valence-electron chi connectivity index (χ1n) is 9.92. The zero-order valence-electron chi connectivity index (χ0n) is 17.9. The molecule has 30 heavy (non-hydrogen) atoms. The molecule has 0 aliphatic rings. The molecule has 3 rings (SSSR count). The number of nitrogens with one attached hydrogen (secondary N) is 2. The second-order valence-corrected chi connectivity index (χ2v) is 7.29. The normalized spacial score (nSPS) is 10.4. The molecular formula is C25H28N2O3. The van der Waals surface area contributed by atoms with E-state index in [1.165, 1.54) is 11.1 Å². The van der Waals surface area contributed by atoms with Crippen molar-refractivity contribution in [3.63, 3.8) is 0 Å². The summed E-state index contributed by atoms with van der Waals surface area (Å²) < 4.78 is 11.2. The number of ether oxygens (including phenoxy) is 2. The number of carbonyl (C=O) groups excluding carboxylic acids is 1. The fraction of sp³-hybridized carbons (Fsp3) is 0.240. The molecule has 0 spiro atoms. The van der Waals surface area contributed by atoms with Crippen molar-refractivity contribution in [1.29, 1.82) is 0 Å². The van der Waals surface area contributed by atoms with E-state index in [-0.39, 0.29) is 12.5 Å². The van der Waals surface area contributed by atoms with Crippen LogP contribution in [0.5, 0.6) is 11.5 Å². The Kier molecular flexibility index (Phi) is 6.96. The third-order valence-corrected chi connectivity index (χ3v) is 4.98. The van der Waals surface area contributed by atoms with Gasteiger partial charge in [-0.3, -0.25) is 4.79 Å². The van der Waals surface area contributed by atoms with Crippen molar-refractivity contribution in [1.82, 2.24) is 0 Å². The minimum absolute atomic E-state index is 0.0929. The van der Waals surface area contributed by atoms with E-state index in [4.69, 9.17) is 9.47 Å². The number of hydrogen-bond acceptors (Lipinski definition) is 4. The Hall–Kier alpha value is -3.47. The van der Waals surface area contributed by atoms with Crippen LogP contribution in [0.15, 0.2) is 60.7 Å². The van der Waals surface area contributed by atoms with Crippen molar-refractivity contribution >= 4 is 17.3 Å². The highest BCUT2D eigenvalue weighted by Gasteiger charge is 2.10. The molecule has 0 fully saturated rings. The van der Waals surface area contributed by atoms with Crippen molar-refractivity contribution in [3.05, 3.63) is 82.9 Å². The predicted molar refractivity (Wildman–Crippen MR) is 122 cm³/mol. The van der Waals surface area contributed by atoms with E-state index in [0.29, 0.717) is 18.0 Å². The van der Waals surface area contributed by atoms with Gasteiger partial charge in [-0.1, -0.05) is 30.3 Å². The van der Waals surface area contributed by atoms with Gasteiger partial charge < -0.3 is 20.1 Å². The lowest BCUT2D eigenvalue weighted by Gasteiger charge is -2.14. The Balaban J connectivity index is 1.59. The summed E-state index contributed by atoms with van der Waals surface area (Å²) in [6, 6.07) is 19.6. The largest absolute Gasteiger partial charge is 0.493 e. The highest BCUT2D eigenvalue weighted by atomic mass is 16.5. The van der Waals surface area contributed by atoms with Crippen molar-refractivity contribution < 1.29 is 14.3 Å². The second-order valence-electron chi connectivity index (χ2n) is 7.29. The lowest BCUT2D eigenvalue weighted by atomic mass is 10.1. The van der Waals surface area contributed by atoms with Crippen LogP contribution >= 0.6 is 0 Å². The maximum Gasteiger partial charge on any atom is 0.262 e. The zero-order valence-corrected chi connectivity index (χ0v) is 17.9. The molecule has 0 heterocycles. The molecule has 0 aromatic heterocycles. The molecule has 0 bridgehead atoms. The number of carbonyl (C=O) groups is 1. The molecule has 0 atom stereocenters. The molecule has 3 aromatic carbocycles. The minimum atomic E-state index is -0.219. The Morgan fingerprint density at radius 3 is 2.50 bits per heavy atom. The van der Waals surface area contributed by atoms with E-state index < -0.39 is 0 Å². The topological polar surface area (TPSA) is 59.6 Å². The van der Waals surface area contributed by atoms with Gasteiger partial charge in [0, 0.05) is 17.9 Å². The molecular weight excluding hydrogens is 376 g/mol. The van der Waals surface area contributed by atoms with Gasteiger partial charge in [-0.05, 0) is 73.4 Å². The van der Waals surface area contributed by atoms with E-state index in [9.17, 15) is 4.79 Å². The van der Waals surface area contributed by atoms with Crippen molar-refractivity contribution in [3.8, 4) is 11.5 Å². The fourth-order valence-corrected chi connectivity index (χ4v) is 3.14. The number of anilines is 2. The Morgan fingerprint density at radius 2 is 1.73 bits per heavy atom. The molecule has 0 unspecified atom stereocenters. The summed E-state index contributed by atoms with van der Waals surface area (Å²) in [7, 11) is 1.59. The van der Waals surface area contributed by atoms with Gasteiger partial charge in [0.1, 0.15) is 0 Å². The van der Waals surface area contributed by atoms with Crippen LogP contribution in [0.2, 0.25) is 0 Å². The third kappa shape index (κ3) is 5.54. The molecule has 0 saturated heterocycles. The number of hydrogen-bond donors (Lipinski definition) is 2. The van der Waals surface area contributed by atoms with E-state index in [2.05, 4.69) is 36.6 Å². The van der Waals surface area contributed by atoms with E-state index in [1.54, 1.807) is 7.11 Å². The predicted octanol–water partition coefficient (Wildman–Crippen LogP) is 5.25. The summed E-state index contributed by atoms with van der Waals surface area (Å²) in [6.07, 6.45) is 0. The van der Waals surface area contributed by atoms with Crippen LogP contribution in [0.25, 0.3) is 0 Å². The molecule has 156 valence electrons. The first-order valence-corrected chi connectivity index (χ1v) is 9.92. The molecule has 5 nitrogen and oxygen atoms in total. The average Bonchev–Trinajstić information content (AvgIpc) is 2.73. The highest BCUT2D eigenvalue weighted by molar-refractivity contribution is 5.92. The molecule has 0 saturated carbocycles. The van der Waals surface area contributed by atoms with Crippen LogP contribution in [0, 0.1) is 20.8 Å². The average molecular weight is 405 g/mol. The number of aryl methyl sites for hydroxylation is 2. The summed E-state index contributed by atoms with van der Waals surface area (Å²) in [6.45, 7) is 6.76. The first-order chi connectivity index (χ1) is 14.5. The van der Waals surface area contributed by atoms with Gasteiger partial charge in [0.05, 0.1) is 7.11 Å². The molecule has 5 heteroatoms. The van der Waals surface area contributed by atoms with Crippen LogP contribution in [0.3, 0.4) is 0 Å². The van der Waals surface area contributed by atoms with E-state index in [1.807, 2.05) is 55.5 Å². The van der Waals surface area contributed by atoms with Crippen LogP contribution in [-0.2, 0) is 11.3 Å². The molecule has 3 aromatic rings. The van der Waals surface area contributed by atoms with E-state index >= 15 is 0 Å². The van der Waals surface area contributed by atoms with Gasteiger partial charge >= 0.3 is 0 Å². The van der Waals surface area contributed by atoms with Gasteiger partial charge in [0.2, 0.25) is 0 Å². The third-order valence-electron chi connectivity index (χ3n) is 4.98. The lowest BCUT2D eigenvalue weighted by Crippen LogP contribution is -2.20. The number of methoxy groups -OCH3 is 1. The maximum absolute atomic E-state index is 12.2. The smallest absolute Gasteiger partial charge is 0.262 e. The fourth-order valence-electron chi connectivity index (χ4n) is 3.14. The van der Waals surface area contributed by atoms with Crippen molar-refractivity contribution in [2.24, 2.45) is 0 Å². The Labute approximate surface area is 178 Å². The summed E-state index contributed by atoms with van der Waals surface area (Å²) in [5.74, 6) is 0.911. The van der Waals surface area contributed by atoms with Gasteiger partial charge in [0.15, 0.2) is 18.1 Å². The van der Waals surface area contributed by atoms with Crippen LogP contribution < -0.4 is 20.1 Å². The summed E-state index contributed by atoms with van der Waals surface area (Å²) >= 11 is 0. The zero-order chi connectivity index (χ0) is 21.5. The molecule has 0 aliphatic carbocycles. The van der Waals surface area contributed by atoms with Crippen LogP contribution in [-0.4, -0.2) is 19.6 Å². The molecule has 0 aliphatic heterocycles. The monoisotopic (exact) mass is 404 g/mol. The van der Waals surface area contributed by atoms with Gasteiger partial charge in [-0.25, -0.2) is 0 Å². The highest BCUT2D eigenvalue weighted by Crippen LogP contribution is 2.29. The van der Waals surface area contributed by atoms with Gasteiger partial charge in [0.25, 0.3) is 5.91 Å². The summed E-state index contributed by atoms with van der Waals surface area (Å²) in [5.41, 5.74) is 6.50. The molecule has 0 radical (unpaired) electrons. The number of benzene rings is 3. The second kappa shape index (κ2) is 9.83. The van der Waals surface area contributed by atoms with Gasteiger partial charge in [-0.15, -0.1) is 0 Å². The maximum atomic E-state index is 12.2. The van der Waals surface area contributed by atoms with Crippen LogP contribution in [0.1, 0.15) is 22.3 Å². The van der Waals surface area contributed by atoms with Crippen molar-refractivity contribution in [2.45, 2.75) is 27.3 Å². The molecule has 1 amide bonds. The lowest BCUT2D eigenvalue weighted by molar-refractivity contribution is -0.118. The summed E-state index contributed by atoms with van der Waals surface area (Å²) in [4.78, 5) is 12.2. The first kappa shape index (κ1) is 21.2. The Bertz CT molecular complexity index is 1030. The standard InChI is InChI=1S/C25H28N2O3/c1-17-7-5-9-21(13-17)27-25(28)16-30-23-12-11-20(14-24(23)29-4)15-26-22-10-6-8-18(2)19(22)3/h5-14,26H,15-16H2,1-4H3,(H,27,28). The number of amides is 1. The van der Waals surface area contributed by atoms with E-state index in [0.717, 1.165) is 22.5 Å². The van der Waals surface area contributed by atoms with Gasteiger partial charge in [-0.2, -0.15) is 0 Å². The van der Waals surface area contributed by atoms with Crippen molar-refractivity contribution in [2.75, 3.05) is 24.4 Å². The van der Waals surface area contributed by atoms with Crippen LogP contribution in [0.4, 0.5) is 11.4 Å².